The molecular weight excluding hydrogens is 308 g/mol. The van der Waals surface area contributed by atoms with Crippen molar-refractivity contribution in [2.24, 2.45) is 0 Å². The predicted octanol–water partition coefficient (Wildman–Crippen LogP) is 4.48. The van der Waals surface area contributed by atoms with E-state index in [1.807, 2.05) is 41.1 Å². The summed E-state index contributed by atoms with van der Waals surface area (Å²) >= 11 is 10.9. The Morgan fingerprint density at radius 3 is 2.81 bits per heavy atom. The molecule has 3 aromatic heterocycles. The number of imidazole rings is 1. The lowest BCUT2D eigenvalue weighted by atomic mass is 10.4. The summed E-state index contributed by atoms with van der Waals surface area (Å²) in [5.74, 6) is 0. The SMILES string of the molecule is Clc1ccc(-c2cn3cc(Br)ccc3n2)s1. The number of fused-ring (bicyclic) bond motifs is 1. The molecule has 0 spiro atoms. The molecule has 0 atom stereocenters. The van der Waals surface area contributed by atoms with E-state index in [9.17, 15) is 0 Å². The van der Waals surface area contributed by atoms with Crippen LogP contribution in [0.4, 0.5) is 0 Å². The predicted molar refractivity (Wildman–Crippen MR) is 71.2 cm³/mol. The van der Waals surface area contributed by atoms with Crippen molar-refractivity contribution >= 4 is 44.5 Å². The maximum absolute atomic E-state index is 5.91. The zero-order chi connectivity index (χ0) is 11.1. The molecule has 0 saturated heterocycles. The fraction of sp³-hybridized carbons (Fsp3) is 0. The molecule has 0 aromatic carbocycles. The summed E-state index contributed by atoms with van der Waals surface area (Å²) in [6.45, 7) is 0. The van der Waals surface area contributed by atoms with E-state index in [1.54, 1.807) is 0 Å². The minimum atomic E-state index is 0.785. The lowest BCUT2D eigenvalue weighted by Crippen LogP contribution is -1.80. The molecular formula is C11H6BrClN2S. The van der Waals surface area contributed by atoms with Crippen LogP contribution in [-0.2, 0) is 0 Å². The van der Waals surface area contributed by atoms with E-state index in [-0.39, 0.29) is 0 Å². The molecule has 0 aliphatic rings. The molecule has 16 heavy (non-hydrogen) atoms. The van der Waals surface area contributed by atoms with Gasteiger partial charge in [-0.1, -0.05) is 11.6 Å². The van der Waals surface area contributed by atoms with Crippen LogP contribution in [0.25, 0.3) is 16.2 Å². The second-order valence-electron chi connectivity index (χ2n) is 3.34. The molecule has 0 aliphatic heterocycles. The molecule has 2 nitrogen and oxygen atoms in total. The van der Waals surface area contributed by atoms with Crippen LogP contribution < -0.4 is 0 Å². The van der Waals surface area contributed by atoms with Gasteiger partial charge in [0, 0.05) is 16.9 Å². The van der Waals surface area contributed by atoms with Gasteiger partial charge in [0.05, 0.1) is 14.9 Å². The molecule has 0 N–H and O–H groups in total. The van der Waals surface area contributed by atoms with Crippen LogP contribution >= 0.6 is 38.9 Å². The number of hydrogen-bond acceptors (Lipinski definition) is 2. The van der Waals surface area contributed by atoms with E-state index in [0.29, 0.717) is 0 Å². The van der Waals surface area contributed by atoms with E-state index in [4.69, 9.17) is 11.6 Å². The van der Waals surface area contributed by atoms with Crippen LogP contribution in [0.1, 0.15) is 0 Å². The quantitative estimate of drug-likeness (QED) is 0.647. The second-order valence-corrected chi connectivity index (χ2v) is 5.97. The van der Waals surface area contributed by atoms with E-state index in [2.05, 4.69) is 20.9 Å². The highest BCUT2D eigenvalue weighted by atomic mass is 79.9. The summed E-state index contributed by atoms with van der Waals surface area (Å²) in [6, 6.07) is 7.83. The van der Waals surface area contributed by atoms with Crippen molar-refractivity contribution in [1.82, 2.24) is 9.38 Å². The van der Waals surface area contributed by atoms with Crippen LogP contribution in [0.3, 0.4) is 0 Å². The van der Waals surface area contributed by atoms with Gasteiger partial charge in [-0.25, -0.2) is 4.98 Å². The molecule has 5 heteroatoms. The molecule has 0 aliphatic carbocycles. The minimum absolute atomic E-state index is 0.785. The first kappa shape index (κ1) is 10.3. The van der Waals surface area contributed by atoms with Crippen LogP contribution in [0.5, 0.6) is 0 Å². The first-order valence-electron chi connectivity index (χ1n) is 4.62. The summed E-state index contributed by atoms with van der Waals surface area (Å²) in [4.78, 5) is 5.62. The fourth-order valence-electron chi connectivity index (χ4n) is 1.54. The van der Waals surface area contributed by atoms with Gasteiger partial charge < -0.3 is 4.40 Å². The van der Waals surface area contributed by atoms with Gasteiger partial charge in [-0.15, -0.1) is 11.3 Å². The van der Waals surface area contributed by atoms with E-state index >= 15 is 0 Å². The summed E-state index contributed by atoms with van der Waals surface area (Å²) in [7, 11) is 0. The van der Waals surface area contributed by atoms with Gasteiger partial charge in [0.25, 0.3) is 0 Å². The molecule has 0 amide bonds. The van der Waals surface area contributed by atoms with Crippen molar-refractivity contribution in [3.8, 4) is 10.6 Å². The van der Waals surface area contributed by atoms with E-state index < -0.39 is 0 Å². The zero-order valence-electron chi connectivity index (χ0n) is 8.02. The molecule has 0 bridgehead atoms. The first-order chi connectivity index (χ1) is 7.72. The molecule has 80 valence electrons. The standard InChI is InChI=1S/C11H6BrClN2S/c12-7-1-4-11-14-8(6-15(11)5-7)9-2-3-10(13)16-9/h1-6H. The Hall–Kier alpha value is -0.840. The smallest absolute Gasteiger partial charge is 0.137 e. The molecule has 0 saturated carbocycles. The highest BCUT2D eigenvalue weighted by Crippen LogP contribution is 2.30. The minimum Gasteiger partial charge on any atom is -0.305 e. The highest BCUT2D eigenvalue weighted by Gasteiger charge is 2.06. The van der Waals surface area contributed by atoms with Gasteiger partial charge in [-0.2, -0.15) is 0 Å². The summed E-state index contributed by atoms with van der Waals surface area (Å²) < 4.78 is 3.81. The van der Waals surface area contributed by atoms with Crippen LogP contribution in [0.15, 0.2) is 41.1 Å². The van der Waals surface area contributed by atoms with Gasteiger partial charge in [-0.3, -0.25) is 0 Å². The normalized spacial score (nSPS) is 11.1. The monoisotopic (exact) mass is 312 g/mol. The van der Waals surface area contributed by atoms with Gasteiger partial charge in [-0.05, 0) is 40.2 Å². The molecule has 0 unspecified atom stereocenters. The lowest BCUT2D eigenvalue weighted by Gasteiger charge is -1.91. The Morgan fingerprint density at radius 2 is 2.06 bits per heavy atom. The number of aromatic nitrogens is 2. The fourth-order valence-corrected chi connectivity index (χ4v) is 2.89. The van der Waals surface area contributed by atoms with Crippen LogP contribution in [0.2, 0.25) is 4.34 Å². The summed E-state index contributed by atoms with van der Waals surface area (Å²) in [6.07, 6.45) is 3.99. The maximum Gasteiger partial charge on any atom is 0.137 e. The van der Waals surface area contributed by atoms with Crippen molar-refractivity contribution in [3.05, 3.63) is 45.5 Å². The average Bonchev–Trinajstić information content (AvgIpc) is 2.83. The van der Waals surface area contributed by atoms with Gasteiger partial charge in [0.1, 0.15) is 5.65 Å². The third-order valence-electron chi connectivity index (χ3n) is 2.24. The average molecular weight is 314 g/mol. The molecule has 0 radical (unpaired) electrons. The highest BCUT2D eigenvalue weighted by molar-refractivity contribution is 9.10. The first-order valence-corrected chi connectivity index (χ1v) is 6.61. The summed E-state index contributed by atoms with van der Waals surface area (Å²) in [5, 5.41) is 0. The summed E-state index contributed by atoms with van der Waals surface area (Å²) in [5.41, 5.74) is 1.89. The number of thiophene rings is 1. The Bertz CT molecular complexity index is 659. The maximum atomic E-state index is 5.91. The number of rotatable bonds is 1. The van der Waals surface area contributed by atoms with Gasteiger partial charge in [0.15, 0.2) is 0 Å². The Morgan fingerprint density at radius 1 is 1.19 bits per heavy atom. The van der Waals surface area contributed by atoms with E-state index in [1.165, 1.54) is 11.3 Å². The number of pyridine rings is 1. The third kappa shape index (κ3) is 1.77. The van der Waals surface area contributed by atoms with Crippen molar-refractivity contribution < 1.29 is 0 Å². The van der Waals surface area contributed by atoms with Crippen molar-refractivity contribution in [1.29, 1.82) is 0 Å². The molecule has 3 aromatic rings. The van der Waals surface area contributed by atoms with Gasteiger partial charge in [0.2, 0.25) is 0 Å². The topological polar surface area (TPSA) is 17.3 Å². The van der Waals surface area contributed by atoms with Crippen LogP contribution in [-0.4, -0.2) is 9.38 Å². The molecule has 0 fully saturated rings. The molecule has 3 rings (SSSR count). The number of hydrogen-bond donors (Lipinski definition) is 0. The second kappa shape index (κ2) is 3.87. The Labute approximate surface area is 110 Å². The molecule has 3 heterocycles. The van der Waals surface area contributed by atoms with Crippen molar-refractivity contribution in [2.45, 2.75) is 0 Å². The number of nitrogens with zero attached hydrogens (tertiary/aromatic N) is 2. The number of halogens is 2. The van der Waals surface area contributed by atoms with Gasteiger partial charge >= 0.3 is 0 Å². The van der Waals surface area contributed by atoms with Crippen LogP contribution in [0, 0.1) is 0 Å². The third-order valence-corrected chi connectivity index (χ3v) is 3.96. The Kier molecular flexibility index (Phi) is 2.50. The zero-order valence-corrected chi connectivity index (χ0v) is 11.2. The van der Waals surface area contributed by atoms with E-state index in [0.717, 1.165) is 25.0 Å². The Balaban J connectivity index is 2.18. The van der Waals surface area contributed by atoms with Crippen molar-refractivity contribution in [2.75, 3.05) is 0 Å². The lowest BCUT2D eigenvalue weighted by molar-refractivity contribution is 1.17. The largest absolute Gasteiger partial charge is 0.305 e. The van der Waals surface area contributed by atoms with Crippen molar-refractivity contribution in [3.63, 3.8) is 0 Å².